The minimum atomic E-state index is 0.417. The number of hydrogen-bond acceptors (Lipinski definition) is 3. The smallest absolute Gasteiger partial charge is 0.0659 e. The zero-order valence-corrected chi connectivity index (χ0v) is 11.6. The zero-order chi connectivity index (χ0) is 11.4. The van der Waals surface area contributed by atoms with Crippen molar-refractivity contribution in [2.24, 2.45) is 0 Å². The maximum Gasteiger partial charge on any atom is 0.0659 e. The van der Waals surface area contributed by atoms with Crippen molar-refractivity contribution in [2.45, 2.75) is 56.9 Å². The van der Waals surface area contributed by atoms with Gasteiger partial charge in [-0.1, -0.05) is 6.92 Å². The Bertz CT molecular complexity index is 222. The molecule has 2 aliphatic rings. The number of likely N-dealkylation sites (tertiary alicyclic amines) is 1. The highest BCUT2D eigenvalue weighted by Crippen LogP contribution is 2.37. The van der Waals surface area contributed by atoms with Gasteiger partial charge in [0.05, 0.1) is 4.87 Å². The van der Waals surface area contributed by atoms with Gasteiger partial charge < -0.3 is 10.2 Å². The summed E-state index contributed by atoms with van der Waals surface area (Å²) in [5.41, 5.74) is 0. The molecule has 0 aliphatic carbocycles. The van der Waals surface area contributed by atoms with Gasteiger partial charge in [-0.3, -0.25) is 0 Å². The number of nitrogens with one attached hydrogen (secondary N) is 1. The van der Waals surface area contributed by atoms with Gasteiger partial charge in [-0.2, -0.15) is 0 Å². The molecule has 2 fully saturated rings. The fourth-order valence-electron chi connectivity index (χ4n) is 2.99. The Hall–Kier alpha value is 0.270. The van der Waals surface area contributed by atoms with Crippen molar-refractivity contribution < 1.29 is 0 Å². The van der Waals surface area contributed by atoms with Crippen LogP contribution in [0.1, 0.15) is 46.0 Å². The Kier molecular flexibility index (Phi) is 4.57. The van der Waals surface area contributed by atoms with Crippen molar-refractivity contribution >= 4 is 11.8 Å². The summed E-state index contributed by atoms with van der Waals surface area (Å²) in [5.74, 6) is 1.35. The second kappa shape index (κ2) is 5.74. The predicted molar refractivity (Wildman–Crippen MR) is 73.0 cm³/mol. The molecule has 2 nitrogen and oxygen atoms in total. The average molecular weight is 242 g/mol. The maximum atomic E-state index is 3.87. The third-order valence-corrected chi connectivity index (χ3v) is 5.38. The van der Waals surface area contributed by atoms with E-state index >= 15 is 0 Å². The summed E-state index contributed by atoms with van der Waals surface area (Å²) < 4.78 is 0. The van der Waals surface area contributed by atoms with Gasteiger partial charge in [-0.15, -0.1) is 11.8 Å². The van der Waals surface area contributed by atoms with E-state index in [1.54, 1.807) is 0 Å². The van der Waals surface area contributed by atoms with Crippen LogP contribution in [0.3, 0.4) is 0 Å². The first kappa shape index (κ1) is 12.7. The number of rotatable bonds is 2. The second-order valence-corrected chi connectivity index (χ2v) is 6.85. The Morgan fingerprint density at radius 2 is 2.25 bits per heavy atom. The topological polar surface area (TPSA) is 15.3 Å². The van der Waals surface area contributed by atoms with Crippen LogP contribution in [0.25, 0.3) is 0 Å². The van der Waals surface area contributed by atoms with E-state index in [4.69, 9.17) is 0 Å². The summed E-state index contributed by atoms with van der Waals surface area (Å²) in [6.07, 6.45) is 6.70. The normalized spacial score (nSPS) is 37.5. The van der Waals surface area contributed by atoms with E-state index in [2.05, 4.69) is 35.8 Å². The SMILES string of the molecule is CCCN1CCCC2(CC1)NC(C)CCS2. The third kappa shape index (κ3) is 3.14. The van der Waals surface area contributed by atoms with Crippen LogP contribution < -0.4 is 5.32 Å². The van der Waals surface area contributed by atoms with Gasteiger partial charge in [0.15, 0.2) is 0 Å². The molecule has 2 saturated heterocycles. The van der Waals surface area contributed by atoms with Gasteiger partial charge in [0.25, 0.3) is 0 Å². The minimum Gasteiger partial charge on any atom is -0.303 e. The molecule has 94 valence electrons. The zero-order valence-electron chi connectivity index (χ0n) is 10.8. The summed E-state index contributed by atoms with van der Waals surface area (Å²) in [7, 11) is 0. The number of nitrogens with zero attached hydrogens (tertiary/aromatic N) is 1. The first-order chi connectivity index (χ1) is 7.74. The fraction of sp³-hybridized carbons (Fsp3) is 1.00. The standard InChI is InChI=1S/C13H26N2S/c1-3-8-15-9-4-6-13(7-10-15)14-12(2)5-11-16-13/h12,14H,3-11H2,1-2H3. The molecule has 2 atom stereocenters. The van der Waals surface area contributed by atoms with E-state index in [-0.39, 0.29) is 0 Å². The van der Waals surface area contributed by atoms with Gasteiger partial charge in [-0.25, -0.2) is 0 Å². The highest BCUT2D eigenvalue weighted by Gasteiger charge is 2.36. The van der Waals surface area contributed by atoms with Crippen LogP contribution in [0.4, 0.5) is 0 Å². The summed E-state index contributed by atoms with van der Waals surface area (Å²) >= 11 is 2.19. The van der Waals surface area contributed by atoms with Crippen LogP contribution in [0, 0.1) is 0 Å². The Labute approximate surface area is 105 Å². The monoisotopic (exact) mass is 242 g/mol. The molecular weight excluding hydrogens is 216 g/mol. The third-order valence-electron chi connectivity index (χ3n) is 3.87. The van der Waals surface area contributed by atoms with Crippen molar-refractivity contribution in [2.75, 3.05) is 25.4 Å². The molecule has 0 bridgehead atoms. The first-order valence-corrected chi connectivity index (χ1v) is 7.87. The van der Waals surface area contributed by atoms with Crippen LogP contribution in [-0.2, 0) is 0 Å². The second-order valence-electron chi connectivity index (χ2n) is 5.37. The van der Waals surface area contributed by atoms with E-state index in [9.17, 15) is 0 Å². The maximum absolute atomic E-state index is 3.87. The first-order valence-electron chi connectivity index (χ1n) is 6.88. The molecule has 2 unspecified atom stereocenters. The molecule has 0 aromatic heterocycles. The Morgan fingerprint density at radius 1 is 1.38 bits per heavy atom. The summed E-state index contributed by atoms with van der Waals surface area (Å²) in [4.78, 5) is 3.07. The fourth-order valence-corrected chi connectivity index (χ4v) is 4.66. The highest BCUT2D eigenvalue weighted by molar-refractivity contribution is 8.00. The average Bonchev–Trinajstić information content (AvgIpc) is 2.43. The quantitative estimate of drug-likeness (QED) is 0.801. The molecule has 2 aliphatic heterocycles. The van der Waals surface area contributed by atoms with Gasteiger partial charge in [0, 0.05) is 12.6 Å². The van der Waals surface area contributed by atoms with E-state index in [0.29, 0.717) is 4.87 Å². The summed E-state index contributed by atoms with van der Waals surface area (Å²) in [6.45, 7) is 8.52. The van der Waals surface area contributed by atoms with E-state index in [1.165, 1.54) is 57.5 Å². The lowest BCUT2D eigenvalue weighted by Crippen LogP contribution is -2.51. The molecule has 0 amide bonds. The molecule has 0 saturated carbocycles. The van der Waals surface area contributed by atoms with Crippen LogP contribution in [0.2, 0.25) is 0 Å². The lowest BCUT2D eigenvalue weighted by Gasteiger charge is -2.40. The van der Waals surface area contributed by atoms with Crippen LogP contribution >= 0.6 is 11.8 Å². The van der Waals surface area contributed by atoms with Crippen molar-refractivity contribution in [3.8, 4) is 0 Å². The van der Waals surface area contributed by atoms with Gasteiger partial charge in [-0.05, 0) is 57.9 Å². The molecule has 2 heterocycles. The number of thioether (sulfide) groups is 1. The van der Waals surface area contributed by atoms with Crippen molar-refractivity contribution in [3.05, 3.63) is 0 Å². The molecule has 0 aromatic rings. The predicted octanol–water partition coefficient (Wildman–Crippen LogP) is 2.69. The van der Waals surface area contributed by atoms with E-state index in [0.717, 1.165) is 6.04 Å². The lowest BCUT2D eigenvalue weighted by atomic mass is 10.1. The van der Waals surface area contributed by atoms with Gasteiger partial charge in [0.1, 0.15) is 0 Å². The molecular formula is C13H26N2S. The molecule has 1 spiro atoms. The van der Waals surface area contributed by atoms with E-state index in [1.807, 2.05) is 0 Å². The molecule has 3 heteroatoms. The van der Waals surface area contributed by atoms with Crippen molar-refractivity contribution in [3.63, 3.8) is 0 Å². The molecule has 0 aromatic carbocycles. The van der Waals surface area contributed by atoms with Crippen molar-refractivity contribution in [1.29, 1.82) is 0 Å². The largest absolute Gasteiger partial charge is 0.303 e. The molecule has 16 heavy (non-hydrogen) atoms. The van der Waals surface area contributed by atoms with Gasteiger partial charge >= 0.3 is 0 Å². The summed E-state index contributed by atoms with van der Waals surface area (Å²) in [5, 5.41) is 3.87. The van der Waals surface area contributed by atoms with Crippen molar-refractivity contribution in [1.82, 2.24) is 10.2 Å². The van der Waals surface area contributed by atoms with Crippen LogP contribution in [0.15, 0.2) is 0 Å². The highest BCUT2D eigenvalue weighted by atomic mass is 32.2. The minimum absolute atomic E-state index is 0.417. The van der Waals surface area contributed by atoms with Crippen LogP contribution in [0.5, 0.6) is 0 Å². The van der Waals surface area contributed by atoms with Gasteiger partial charge in [0.2, 0.25) is 0 Å². The van der Waals surface area contributed by atoms with E-state index < -0.39 is 0 Å². The molecule has 1 N–H and O–H groups in total. The summed E-state index contributed by atoms with van der Waals surface area (Å²) in [6, 6.07) is 0.721. The molecule has 2 rings (SSSR count). The Balaban J connectivity index is 1.91. The Morgan fingerprint density at radius 3 is 3.00 bits per heavy atom. The molecule has 0 radical (unpaired) electrons. The number of hydrogen-bond donors (Lipinski definition) is 1. The van der Waals surface area contributed by atoms with Crippen LogP contribution in [-0.4, -0.2) is 41.2 Å². The lowest BCUT2D eigenvalue weighted by molar-refractivity contribution is 0.276.